The number of carbonyl (C=O) groups excluding carboxylic acids is 1. The second kappa shape index (κ2) is 10.3. The van der Waals surface area contributed by atoms with Gasteiger partial charge in [-0.25, -0.2) is 0 Å². The fraction of sp³-hybridized carbons (Fsp3) is 0.333. The van der Waals surface area contributed by atoms with E-state index >= 15 is 0 Å². The first-order valence-electron chi connectivity index (χ1n) is 10.5. The van der Waals surface area contributed by atoms with Gasteiger partial charge in [-0.3, -0.25) is 4.79 Å². The van der Waals surface area contributed by atoms with Crippen LogP contribution < -0.4 is 9.47 Å². The maximum Gasteiger partial charge on any atom is 0.202 e. The van der Waals surface area contributed by atoms with Crippen molar-refractivity contribution in [3.05, 3.63) is 58.3 Å². The van der Waals surface area contributed by atoms with Crippen LogP contribution in [0.5, 0.6) is 11.5 Å². The second-order valence-corrected chi connectivity index (χ2v) is 7.76. The highest BCUT2D eigenvalue weighted by molar-refractivity contribution is 7.81. The summed E-state index contributed by atoms with van der Waals surface area (Å²) in [5, 5.41) is 11.1. The van der Waals surface area contributed by atoms with Crippen molar-refractivity contribution < 1.29 is 28.8 Å². The molecule has 0 bridgehead atoms. The van der Waals surface area contributed by atoms with Crippen LogP contribution in [0, 0.1) is 0 Å². The predicted molar refractivity (Wildman–Crippen MR) is 130 cm³/mol. The van der Waals surface area contributed by atoms with Gasteiger partial charge in [0.15, 0.2) is 0 Å². The summed E-state index contributed by atoms with van der Waals surface area (Å²) < 4.78 is 22.9. The zero-order valence-electron chi connectivity index (χ0n) is 18.5. The lowest BCUT2D eigenvalue weighted by Crippen LogP contribution is -2.26. The molecule has 0 spiro atoms. The SMILES string of the molecule is CCOC1=CC(=S)C=C(OCC)C1=C1C(=O)C(c2c(OCC)cc(S)cc2OCC)=C1O. The summed E-state index contributed by atoms with van der Waals surface area (Å²) >= 11 is 9.71. The molecule has 2 aliphatic carbocycles. The maximum atomic E-state index is 13.4. The molecule has 8 heteroatoms. The molecule has 0 aromatic heterocycles. The van der Waals surface area contributed by atoms with Gasteiger partial charge >= 0.3 is 0 Å². The Labute approximate surface area is 198 Å². The van der Waals surface area contributed by atoms with Crippen LogP contribution in [0.1, 0.15) is 33.3 Å². The van der Waals surface area contributed by atoms with Gasteiger partial charge in [0, 0.05) is 9.76 Å². The number of aliphatic hydroxyl groups excluding tert-OH is 1. The van der Waals surface area contributed by atoms with Crippen molar-refractivity contribution in [1.29, 1.82) is 0 Å². The summed E-state index contributed by atoms with van der Waals surface area (Å²) in [6.45, 7) is 8.80. The van der Waals surface area contributed by atoms with E-state index in [9.17, 15) is 9.90 Å². The highest BCUT2D eigenvalue weighted by Crippen LogP contribution is 2.48. The summed E-state index contributed by atoms with van der Waals surface area (Å²) in [5.74, 6) is 1.05. The smallest absolute Gasteiger partial charge is 0.202 e. The van der Waals surface area contributed by atoms with E-state index in [1.54, 1.807) is 24.3 Å². The van der Waals surface area contributed by atoms with Gasteiger partial charge in [0.2, 0.25) is 5.78 Å². The number of hydrogen-bond acceptors (Lipinski definition) is 8. The average molecular weight is 475 g/mol. The third-order valence-electron chi connectivity index (χ3n) is 4.72. The number of thiol groups is 1. The van der Waals surface area contributed by atoms with Crippen molar-refractivity contribution >= 4 is 41.1 Å². The van der Waals surface area contributed by atoms with E-state index in [0.717, 1.165) is 0 Å². The van der Waals surface area contributed by atoms with Crippen LogP contribution in [0.15, 0.2) is 57.6 Å². The highest BCUT2D eigenvalue weighted by Gasteiger charge is 2.43. The number of aliphatic hydroxyl groups is 1. The van der Waals surface area contributed by atoms with Crippen molar-refractivity contribution in [2.75, 3.05) is 26.4 Å². The number of ether oxygens (including phenoxy) is 4. The van der Waals surface area contributed by atoms with Crippen LogP contribution in [-0.2, 0) is 14.3 Å². The van der Waals surface area contributed by atoms with Crippen molar-refractivity contribution in [2.45, 2.75) is 32.6 Å². The van der Waals surface area contributed by atoms with E-state index in [1.807, 2.05) is 27.7 Å². The molecule has 0 saturated heterocycles. The molecular formula is C24H26O6S2. The Balaban J connectivity index is 2.24. The van der Waals surface area contributed by atoms with E-state index in [0.29, 0.717) is 70.3 Å². The van der Waals surface area contributed by atoms with Crippen molar-refractivity contribution in [3.63, 3.8) is 0 Å². The Kier molecular flexibility index (Phi) is 7.69. The van der Waals surface area contributed by atoms with Crippen molar-refractivity contribution in [1.82, 2.24) is 0 Å². The molecule has 0 atom stereocenters. The topological polar surface area (TPSA) is 74.2 Å². The van der Waals surface area contributed by atoms with Crippen LogP contribution in [0.4, 0.5) is 0 Å². The molecule has 0 aliphatic heterocycles. The lowest BCUT2D eigenvalue weighted by Gasteiger charge is -2.29. The second-order valence-electron chi connectivity index (χ2n) is 6.77. The fourth-order valence-electron chi connectivity index (χ4n) is 3.58. The van der Waals surface area contributed by atoms with Gasteiger partial charge in [-0.1, -0.05) is 12.2 Å². The van der Waals surface area contributed by atoms with Gasteiger partial charge < -0.3 is 24.1 Å². The molecule has 1 aromatic rings. The number of allylic oxidation sites excluding steroid dienone is 4. The molecule has 32 heavy (non-hydrogen) atoms. The first-order valence-corrected chi connectivity index (χ1v) is 11.3. The van der Waals surface area contributed by atoms with Crippen molar-refractivity contribution in [3.8, 4) is 11.5 Å². The first kappa shape index (κ1) is 23.9. The molecule has 0 unspecified atom stereocenters. The van der Waals surface area contributed by atoms with Crippen molar-refractivity contribution in [2.24, 2.45) is 0 Å². The first-order chi connectivity index (χ1) is 15.4. The molecule has 170 valence electrons. The monoisotopic (exact) mass is 474 g/mol. The summed E-state index contributed by atoms with van der Waals surface area (Å²) in [4.78, 5) is 14.6. The standard InChI is InChI=1S/C24H26O6S2/c1-5-27-15-9-13(31)10-16(28-6-2)19(15)21-23(25)22(24(21)26)20-17(29-7-3)11-14(32)12-18(20)30-8-4/h9-12,25,31H,5-8H2,1-4H3. The summed E-state index contributed by atoms with van der Waals surface area (Å²) in [6, 6.07) is 3.39. The molecule has 1 N–H and O–H groups in total. The molecule has 6 nitrogen and oxygen atoms in total. The molecule has 2 aliphatic rings. The molecular weight excluding hydrogens is 448 g/mol. The minimum absolute atomic E-state index is 0.113. The van der Waals surface area contributed by atoms with Gasteiger partial charge in [-0.15, -0.1) is 12.6 Å². The summed E-state index contributed by atoms with van der Waals surface area (Å²) in [5.41, 5.74) is 1.01. The molecule has 0 radical (unpaired) electrons. The number of ketones is 1. The van der Waals surface area contributed by atoms with Crippen LogP contribution >= 0.6 is 24.8 Å². The Hall–Kier alpha value is -2.71. The third-order valence-corrected chi connectivity index (χ3v) is 5.21. The number of carbonyl (C=O) groups is 1. The Morgan fingerprint density at radius 1 is 0.812 bits per heavy atom. The lowest BCUT2D eigenvalue weighted by molar-refractivity contribution is -0.111. The van der Waals surface area contributed by atoms with Gasteiger partial charge in [0.25, 0.3) is 0 Å². The maximum absolute atomic E-state index is 13.4. The summed E-state index contributed by atoms with van der Waals surface area (Å²) in [6.07, 6.45) is 3.30. The molecule has 3 rings (SSSR count). The van der Waals surface area contributed by atoms with Gasteiger partial charge in [0.05, 0.1) is 48.7 Å². The van der Waals surface area contributed by atoms with Crippen LogP contribution in [0.25, 0.3) is 5.57 Å². The number of thiocarbonyl (C=S) groups is 1. The highest BCUT2D eigenvalue weighted by atomic mass is 32.1. The number of hydrogen-bond donors (Lipinski definition) is 2. The van der Waals surface area contributed by atoms with Crippen LogP contribution in [0.2, 0.25) is 0 Å². The summed E-state index contributed by atoms with van der Waals surface area (Å²) in [7, 11) is 0. The third kappa shape index (κ3) is 4.42. The fourth-order valence-corrected chi connectivity index (χ4v) is 4.03. The average Bonchev–Trinajstić information content (AvgIpc) is 2.73. The predicted octanol–water partition coefficient (Wildman–Crippen LogP) is 5.15. The number of rotatable bonds is 9. The normalized spacial score (nSPS) is 15.9. The van der Waals surface area contributed by atoms with E-state index in [2.05, 4.69) is 12.6 Å². The molecule has 0 fully saturated rings. The largest absolute Gasteiger partial charge is 0.506 e. The molecule has 0 amide bonds. The van der Waals surface area contributed by atoms with E-state index in [4.69, 9.17) is 31.2 Å². The van der Waals surface area contributed by atoms with Gasteiger partial charge in [0.1, 0.15) is 28.8 Å². The van der Waals surface area contributed by atoms with Gasteiger partial charge in [-0.05, 0) is 52.0 Å². The number of benzene rings is 1. The minimum atomic E-state index is -0.365. The molecule has 1 aromatic carbocycles. The number of Topliss-reactive ketones (excluding diaryl/α,β-unsaturated/α-hetero) is 1. The molecule has 0 saturated carbocycles. The van der Waals surface area contributed by atoms with Crippen LogP contribution in [0.3, 0.4) is 0 Å². The quantitative estimate of drug-likeness (QED) is 0.291. The van der Waals surface area contributed by atoms with E-state index < -0.39 is 0 Å². The Morgan fingerprint density at radius 2 is 1.28 bits per heavy atom. The molecule has 0 heterocycles. The van der Waals surface area contributed by atoms with E-state index in [-0.39, 0.29) is 22.7 Å². The zero-order valence-corrected chi connectivity index (χ0v) is 20.2. The van der Waals surface area contributed by atoms with Gasteiger partial charge in [-0.2, -0.15) is 0 Å². The lowest BCUT2D eigenvalue weighted by atomic mass is 9.78. The Bertz CT molecular complexity index is 1020. The van der Waals surface area contributed by atoms with E-state index in [1.165, 1.54) is 0 Å². The van der Waals surface area contributed by atoms with Crippen LogP contribution in [-0.4, -0.2) is 42.2 Å². The minimum Gasteiger partial charge on any atom is -0.506 e. The zero-order chi connectivity index (χ0) is 23.4. The Morgan fingerprint density at radius 3 is 1.69 bits per heavy atom.